The van der Waals surface area contributed by atoms with E-state index in [0.717, 1.165) is 29.8 Å². The maximum absolute atomic E-state index is 7.56. The Balaban J connectivity index is 1.93. The zero-order valence-electron chi connectivity index (χ0n) is 12.8. The Hall–Kier alpha value is -0.610. The van der Waals surface area contributed by atoms with Gasteiger partial charge in [-0.15, -0.1) is 11.3 Å². The van der Waals surface area contributed by atoms with E-state index in [4.69, 9.17) is 12.6 Å². The van der Waals surface area contributed by atoms with Gasteiger partial charge < -0.3 is 11.1 Å². The molecule has 3 N–H and O–H groups in total. The molecule has 1 atom stereocenters. The van der Waals surface area contributed by atoms with Gasteiger partial charge in [-0.1, -0.05) is 6.85 Å². The maximum Gasteiger partial charge on any atom is 0.180 e. The number of hydrogen-bond donors (Lipinski definition) is 2. The predicted molar refractivity (Wildman–Crippen MR) is 60.6 cm³/mol. The van der Waals surface area contributed by atoms with Crippen molar-refractivity contribution in [2.45, 2.75) is 38.5 Å². The molecule has 0 fully saturated rings. The number of aryl methyl sites for hydroxylation is 1. The molecule has 0 unspecified atom stereocenters. The number of nitrogens with two attached hydrogens (primary N) is 1. The highest BCUT2D eigenvalue weighted by atomic mass is 32.1. The van der Waals surface area contributed by atoms with E-state index in [1.807, 2.05) is 0 Å². The lowest BCUT2D eigenvalue weighted by atomic mass is 9.98. The van der Waals surface area contributed by atoms with Crippen LogP contribution in [-0.4, -0.2) is 17.6 Å². The van der Waals surface area contributed by atoms with Gasteiger partial charge in [-0.05, 0) is 32.2 Å². The van der Waals surface area contributed by atoms with Gasteiger partial charge in [-0.2, -0.15) is 0 Å². The van der Waals surface area contributed by atoms with Crippen molar-refractivity contribution >= 4 is 16.5 Å². The summed E-state index contributed by atoms with van der Waals surface area (Å²) in [6.45, 7) is -2.77. The van der Waals surface area contributed by atoms with Gasteiger partial charge >= 0.3 is 0 Å². The number of rotatable bonds is 3. The van der Waals surface area contributed by atoms with Gasteiger partial charge in [0.2, 0.25) is 0 Å². The van der Waals surface area contributed by atoms with Crippen molar-refractivity contribution in [1.82, 2.24) is 10.3 Å². The average Bonchev–Trinajstić information content (AvgIpc) is 2.64. The Morgan fingerprint density at radius 1 is 1.86 bits per heavy atom. The molecule has 0 radical (unpaired) electrons. The number of nitrogen functional groups attached to an aromatic ring is 1. The molecule has 78 valence electrons. The summed E-state index contributed by atoms with van der Waals surface area (Å²) in [6, 6.07) is 0.0878. The Morgan fingerprint density at radius 3 is 3.64 bits per heavy atom. The van der Waals surface area contributed by atoms with E-state index in [2.05, 4.69) is 10.3 Å². The van der Waals surface area contributed by atoms with Crippen LogP contribution in [0.15, 0.2) is 0 Å². The van der Waals surface area contributed by atoms with Gasteiger partial charge in [-0.25, -0.2) is 4.98 Å². The Bertz CT molecular complexity index is 457. The summed E-state index contributed by atoms with van der Waals surface area (Å²) in [5, 5.41) is 3.58. The number of nitrogens with zero attached hydrogens (tertiary/aromatic N) is 1. The zero-order chi connectivity index (χ0) is 14.3. The highest BCUT2D eigenvalue weighted by Gasteiger charge is 2.21. The standard InChI is InChI=1S/C10H17N3S/c1-2-5-12-7-3-4-8-9(6-7)14-10(11)13-8/h7,12H,2-6H2,1H3,(H2,11,13)/t7-/m0/s1/i1D3,2D2. The Kier molecular flexibility index (Phi) is 1.67. The topological polar surface area (TPSA) is 50.9 Å². The Morgan fingerprint density at radius 2 is 2.79 bits per heavy atom. The SMILES string of the molecule is [2H]C([2H])([2H])C([2H])([2H])CN[C@H]1CCc2nc(N)sc2C1. The summed E-state index contributed by atoms with van der Waals surface area (Å²) in [4.78, 5) is 5.36. The van der Waals surface area contributed by atoms with Crippen molar-refractivity contribution in [3.05, 3.63) is 10.6 Å². The third kappa shape index (κ3) is 2.07. The van der Waals surface area contributed by atoms with Crippen molar-refractivity contribution in [1.29, 1.82) is 0 Å². The molecule has 1 heterocycles. The number of fused-ring (bicyclic) bond motifs is 1. The molecule has 1 aliphatic rings. The number of hydrogen-bond acceptors (Lipinski definition) is 4. The minimum absolute atomic E-state index is 0.0878. The van der Waals surface area contributed by atoms with Gasteiger partial charge in [0.1, 0.15) is 0 Å². The quantitative estimate of drug-likeness (QED) is 0.806. The molecule has 1 aliphatic carbocycles. The number of aromatic nitrogens is 1. The summed E-state index contributed by atoms with van der Waals surface area (Å²) in [5.74, 6) is 0. The fraction of sp³-hybridized carbons (Fsp3) is 0.700. The zero-order valence-corrected chi connectivity index (χ0v) is 8.66. The molecular weight excluding hydrogens is 194 g/mol. The fourth-order valence-corrected chi connectivity index (χ4v) is 2.72. The van der Waals surface area contributed by atoms with Gasteiger partial charge in [0.25, 0.3) is 0 Å². The van der Waals surface area contributed by atoms with Gasteiger partial charge in [0, 0.05) is 17.8 Å². The van der Waals surface area contributed by atoms with Crippen LogP contribution in [0.2, 0.25) is 0 Å². The minimum Gasteiger partial charge on any atom is -0.375 e. The van der Waals surface area contributed by atoms with Crippen LogP contribution in [0.4, 0.5) is 5.13 Å². The van der Waals surface area contributed by atoms with Crippen LogP contribution in [0.5, 0.6) is 0 Å². The molecule has 4 heteroatoms. The molecule has 3 nitrogen and oxygen atoms in total. The van der Waals surface area contributed by atoms with Crippen molar-refractivity contribution < 1.29 is 6.85 Å². The first-order valence-electron chi connectivity index (χ1n) is 7.16. The summed E-state index contributed by atoms with van der Waals surface area (Å²) >= 11 is 1.45. The summed E-state index contributed by atoms with van der Waals surface area (Å²) in [7, 11) is 0. The number of anilines is 1. The molecule has 1 aromatic rings. The molecular formula is C10H17N3S. The van der Waals surface area contributed by atoms with Crippen LogP contribution in [0, 0.1) is 0 Å². The molecule has 0 amide bonds. The monoisotopic (exact) mass is 216 g/mol. The highest BCUT2D eigenvalue weighted by molar-refractivity contribution is 7.15. The van der Waals surface area contributed by atoms with E-state index in [0.29, 0.717) is 5.13 Å². The van der Waals surface area contributed by atoms with Crippen LogP contribution in [-0.2, 0) is 12.8 Å². The van der Waals surface area contributed by atoms with Gasteiger partial charge in [0.15, 0.2) is 5.13 Å². The lowest BCUT2D eigenvalue weighted by Gasteiger charge is -2.21. The summed E-state index contributed by atoms with van der Waals surface area (Å²) < 4.78 is 36.6. The first kappa shape index (κ1) is 5.47. The summed E-state index contributed by atoms with van der Waals surface area (Å²) in [5.41, 5.74) is 6.68. The average molecular weight is 216 g/mol. The lowest BCUT2D eigenvalue weighted by molar-refractivity contribution is 0.460. The van der Waals surface area contributed by atoms with E-state index >= 15 is 0 Å². The van der Waals surface area contributed by atoms with Crippen molar-refractivity contribution in [3.8, 4) is 0 Å². The van der Waals surface area contributed by atoms with Gasteiger partial charge in [0.05, 0.1) is 5.69 Å². The Labute approximate surface area is 95.8 Å². The molecule has 0 aromatic carbocycles. The fourth-order valence-electron chi connectivity index (χ4n) is 1.76. The van der Waals surface area contributed by atoms with Crippen LogP contribution in [0.25, 0.3) is 0 Å². The van der Waals surface area contributed by atoms with Gasteiger partial charge in [-0.3, -0.25) is 0 Å². The number of thiazole rings is 1. The third-order valence-electron chi connectivity index (χ3n) is 2.44. The van der Waals surface area contributed by atoms with Crippen LogP contribution in [0.3, 0.4) is 0 Å². The molecule has 0 aliphatic heterocycles. The van der Waals surface area contributed by atoms with E-state index < -0.39 is 13.2 Å². The molecule has 0 bridgehead atoms. The second kappa shape index (κ2) is 4.28. The van der Waals surface area contributed by atoms with Crippen molar-refractivity contribution in [2.24, 2.45) is 0 Å². The first-order valence-corrected chi connectivity index (χ1v) is 5.48. The lowest BCUT2D eigenvalue weighted by Crippen LogP contribution is -2.34. The second-order valence-electron chi connectivity index (χ2n) is 3.42. The largest absolute Gasteiger partial charge is 0.375 e. The molecule has 0 spiro atoms. The van der Waals surface area contributed by atoms with Crippen molar-refractivity contribution in [2.75, 3.05) is 12.3 Å². The smallest absolute Gasteiger partial charge is 0.180 e. The van der Waals surface area contributed by atoms with Crippen LogP contribution < -0.4 is 11.1 Å². The molecule has 0 saturated carbocycles. The van der Waals surface area contributed by atoms with E-state index in [1.165, 1.54) is 11.3 Å². The molecule has 14 heavy (non-hydrogen) atoms. The highest BCUT2D eigenvalue weighted by Crippen LogP contribution is 2.27. The summed E-state index contributed by atoms with van der Waals surface area (Å²) in [6.07, 6.45) is 0.159. The van der Waals surface area contributed by atoms with E-state index in [1.54, 1.807) is 0 Å². The van der Waals surface area contributed by atoms with E-state index in [9.17, 15) is 0 Å². The number of nitrogens with one attached hydrogen (secondary N) is 1. The normalized spacial score (nSPS) is 28.0. The van der Waals surface area contributed by atoms with Crippen LogP contribution >= 0.6 is 11.3 Å². The molecule has 2 rings (SSSR count). The third-order valence-corrected chi connectivity index (χ3v) is 3.38. The maximum atomic E-state index is 7.56. The first-order chi connectivity index (χ1) is 8.69. The van der Waals surface area contributed by atoms with Crippen LogP contribution in [0.1, 0.15) is 37.1 Å². The second-order valence-corrected chi connectivity index (χ2v) is 4.53. The van der Waals surface area contributed by atoms with Crippen molar-refractivity contribution in [3.63, 3.8) is 0 Å². The minimum atomic E-state index is -2.60. The van der Waals surface area contributed by atoms with E-state index in [-0.39, 0.29) is 12.6 Å². The molecule has 0 saturated heterocycles. The predicted octanol–water partition coefficient (Wildman–Crippen LogP) is 1.58. The molecule has 1 aromatic heterocycles.